The third-order valence-electron chi connectivity index (χ3n) is 10.2. The van der Waals surface area contributed by atoms with E-state index < -0.39 is 6.09 Å². The van der Waals surface area contributed by atoms with Crippen molar-refractivity contribution in [2.24, 2.45) is 5.92 Å². The molecule has 1 rings (SSSR count). The van der Waals surface area contributed by atoms with Crippen LogP contribution in [0, 0.1) is 5.92 Å². The molecule has 294 valence electrons. The Bertz CT molecular complexity index is 862. The van der Waals surface area contributed by atoms with Crippen LogP contribution in [0.25, 0.3) is 0 Å². The number of amides is 1. The van der Waals surface area contributed by atoms with Gasteiger partial charge in [0.1, 0.15) is 19.8 Å². The molecule has 0 fully saturated rings. The third-order valence-corrected chi connectivity index (χ3v) is 10.2. The fraction of sp³-hybridized carbons (Fsp3) is 0.860. The molecule has 0 bridgehead atoms. The van der Waals surface area contributed by atoms with Gasteiger partial charge in [-0.3, -0.25) is 9.28 Å². The highest BCUT2D eigenvalue weighted by molar-refractivity contribution is 5.71. The summed E-state index contributed by atoms with van der Waals surface area (Å²) in [4.78, 5) is 23.7. The third kappa shape index (κ3) is 28.3. The summed E-state index contributed by atoms with van der Waals surface area (Å²) in [5.41, 5.74) is 1.13. The van der Waals surface area contributed by atoms with Gasteiger partial charge in [-0.1, -0.05) is 169 Å². The van der Waals surface area contributed by atoms with Crippen LogP contribution in [-0.2, 0) is 14.3 Å². The lowest BCUT2D eigenvalue weighted by atomic mass is 10.0. The predicted octanol–water partition coefficient (Wildman–Crippen LogP) is 9.37. The number of quaternary nitrogens is 1. The smallest absolute Gasteiger partial charge is 0.407 e. The van der Waals surface area contributed by atoms with Crippen LogP contribution in [0.4, 0.5) is 4.79 Å². The summed E-state index contributed by atoms with van der Waals surface area (Å²) in [5, 5.41) is 2.85. The molecule has 1 N–H and O–H groups in total. The maximum absolute atomic E-state index is 12.2. The van der Waals surface area contributed by atoms with Gasteiger partial charge in [0.05, 0.1) is 25.2 Å². The van der Waals surface area contributed by atoms with Crippen molar-refractivity contribution < 1.29 is 40.5 Å². The topological polar surface area (TPSA) is 64.6 Å². The molecule has 1 heterocycles. The molecule has 0 radical (unpaired) electrons. The Labute approximate surface area is 320 Å². The van der Waals surface area contributed by atoms with Crippen molar-refractivity contribution in [3.63, 3.8) is 0 Å². The minimum Gasteiger partial charge on any atom is -1.00 e. The molecule has 1 aliphatic rings. The summed E-state index contributed by atoms with van der Waals surface area (Å²) >= 11 is 0. The number of nitrogens with one attached hydrogen (secondary N) is 1. The number of ether oxygens (including phenoxy) is 2. The van der Waals surface area contributed by atoms with Crippen LogP contribution >= 0.6 is 0 Å². The highest BCUT2D eigenvalue weighted by atomic mass is 79.9. The molecular formula is C43H81BrN2O4. The Kier molecular flexibility index (Phi) is 33.8. The molecule has 7 heteroatoms. The predicted molar refractivity (Wildman–Crippen MR) is 209 cm³/mol. The average Bonchev–Trinajstić information content (AvgIpc) is 3.10. The standard InChI is InChI=1S/C43H80N2O4.BrH/c1-5-7-9-11-13-15-17-19-20-22-24-26-28-30-34-45(33-29-27-25-23-21-18-16-14-12-10-8-6-2)35-31-41(32-36-45)39-44-43(47)49-38-37-48-42(46)40(3)4;/h31-32,35,40H,5-30,33-34,36-39H2,1-4H3;1H. The van der Waals surface area contributed by atoms with E-state index in [1.807, 2.05) is 0 Å². The maximum Gasteiger partial charge on any atom is 0.407 e. The van der Waals surface area contributed by atoms with E-state index in [1.54, 1.807) is 13.8 Å². The zero-order chi connectivity index (χ0) is 35.7. The normalized spacial score (nSPS) is 15.5. The van der Waals surface area contributed by atoms with E-state index in [9.17, 15) is 9.59 Å². The average molecular weight is 770 g/mol. The first-order chi connectivity index (χ1) is 23.9. The van der Waals surface area contributed by atoms with Crippen molar-refractivity contribution in [2.45, 2.75) is 195 Å². The van der Waals surface area contributed by atoms with Crippen molar-refractivity contribution in [2.75, 3.05) is 39.4 Å². The highest BCUT2D eigenvalue weighted by Gasteiger charge is 2.25. The number of esters is 1. The monoisotopic (exact) mass is 769 g/mol. The Morgan fingerprint density at radius 2 is 1.00 bits per heavy atom. The number of unbranched alkanes of at least 4 members (excludes halogenated alkanes) is 24. The lowest BCUT2D eigenvalue weighted by molar-refractivity contribution is -0.875. The first-order valence-electron chi connectivity index (χ1n) is 21.2. The highest BCUT2D eigenvalue weighted by Crippen LogP contribution is 2.22. The van der Waals surface area contributed by atoms with Gasteiger partial charge in [0.15, 0.2) is 0 Å². The van der Waals surface area contributed by atoms with E-state index in [1.165, 1.54) is 180 Å². The summed E-state index contributed by atoms with van der Waals surface area (Å²) < 4.78 is 11.3. The molecule has 0 saturated heterocycles. The molecule has 0 spiro atoms. The number of nitrogens with zero attached hydrogens (tertiary/aromatic N) is 1. The number of alkyl carbamates (subject to hydrolysis) is 1. The number of hydrogen-bond donors (Lipinski definition) is 1. The summed E-state index contributed by atoms with van der Waals surface area (Å²) in [5.74, 6) is -0.459. The zero-order valence-corrected chi connectivity index (χ0v) is 35.0. The molecule has 1 unspecified atom stereocenters. The minimum atomic E-state index is -0.472. The molecule has 0 aromatic carbocycles. The Balaban J connectivity index is 0.0000240. The number of carbonyl (C=O) groups excluding carboxylic acids is 2. The fourth-order valence-corrected chi connectivity index (χ4v) is 6.81. The lowest BCUT2D eigenvalue weighted by Crippen LogP contribution is -3.00. The number of halogens is 1. The molecule has 1 amide bonds. The van der Waals surface area contributed by atoms with Crippen LogP contribution in [0.15, 0.2) is 23.9 Å². The van der Waals surface area contributed by atoms with E-state index >= 15 is 0 Å². The molecule has 0 aliphatic carbocycles. The number of rotatable bonds is 34. The molecule has 0 saturated carbocycles. The molecule has 0 aromatic heterocycles. The van der Waals surface area contributed by atoms with Crippen molar-refractivity contribution in [3.05, 3.63) is 23.9 Å². The first kappa shape index (κ1) is 48.7. The van der Waals surface area contributed by atoms with Crippen molar-refractivity contribution in [1.82, 2.24) is 5.32 Å². The SMILES string of the molecule is CCCCCCCCCCCCCCCC[N+]1(CCCCCCCCCCCCCC)C=CC(CNC(=O)OCCOC(=O)C(C)C)=CC1.[Br-]. The van der Waals surface area contributed by atoms with E-state index in [0.29, 0.717) is 6.54 Å². The van der Waals surface area contributed by atoms with Gasteiger partial charge < -0.3 is 31.8 Å². The van der Waals surface area contributed by atoms with Crippen molar-refractivity contribution >= 4 is 12.1 Å². The Morgan fingerprint density at radius 3 is 1.36 bits per heavy atom. The summed E-state index contributed by atoms with van der Waals surface area (Å²) in [7, 11) is 0. The van der Waals surface area contributed by atoms with E-state index in [0.717, 1.165) is 16.6 Å². The first-order valence-corrected chi connectivity index (χ1v) is 21.2. The molecule has 6 nitrogen and oxygen atoms in total. The Morgan fingerprint density at radius 1 is 0.620 bits per heavy atom. The van der Waals surface area contributed by atoms with E-state index in [4.69, 9.17) is 9.47 Å². The van der Waals surface area contributed by atoms with Crippen LogP contribution in [0.2, 0.25) is 0 Å². The number of hydrogen-bond acceptors (Lipinski definition) is 4. The van der Waals surface area contributed by atoms with Gasteiger partial charge in [-0.05, 0) is 43.4 Å². The van der Waals surface area contributed by atoms with Gasteiger partial charge in [0, 0.05) is 6.54 Å². The van der Waals surface area contributed by atoms with Gasteiger partial charge in [-0.15, -0.1) is 0 Å². The van der Waals surface area contributed by atoms with E-state index in [2.05, 4.69) is 37.5 Å². The van der Waals surface area contributed by atoms with Gasteiger partial charge in [0.25, 0.3) is 0 Å². The summed E-state index contributed by atoms with van der Waals surface area (Å²) in [6, 6.07) is 0. The number of carbonyl (C=O) groups is 2. The maximum atomic E-state index is 12.2. The Hall–Kier alpha value is -1.34. The van der Waals surface area contributed by atoms with E-state index in [-0.39, 0.29) is 42.1 Å². The summed E-state index contributed by atoms with van der Waals surface area (Å²) in [6.45, 7) is 12.2. The molecule has 1 atom stereocenters. The summed E-state index contributed by atoms with van der Waals surface area (Å²) in [6.07, 6.45) is 42.6. The minimum absolute atomic E-state index is 0. The van der Waals surface area contributed by atoms with Gasteiger partial charge in [-0.2, -0.15) is 0 Å². The second-order valence-corrected chi connectivity index (χ2v) is 15.2. The van der Waals surface area contributed by atoms with Gasteiger partial charge >= 0.3 is 12.1 Å². The molecule has 0 aromatic rings. The van der Waals surface area contributed by atoms with Crippen LogP contribution in [0.3, 0.4) is 0 Å². The second-order valence-electron chi connectivity index (χ2n) is 15.2. The zero-order valence-electron chi connectivity index (χ0n) is 33.4. The molecule has 50 heavy (non-hydrogen) atoms. The van der Waals surface area contributed by atoms with Crippen molar-refractivity contribution in [3.8, 4) is 0 Å². The van der Waals surface area contributed by atoms with Crippen LogP contribution < -0.4 is 22.3 Å². The van der Waals surface area contributed by atoms with Crippen LogP contribution in [0.1, 0.15) is 195 Å². The quantitative estimate of drug-likeness (QED) is 0.0403. The van der Waals surface area contributed by atoms with Gasteiger partial charge in [0.2, 0.25) is 0 Å². The van der Waals surface area contributed by atoms with Crippen LogP contribution in [0.5, 0.6) is 0 Å². The van der Waals surface area contributed by atoms with Crippen molar-refractivity contribution in [1.29, 1.82) is 0 Å². The van der Waals surface area contributed by atoms with Crippen LogP contribution in [-0.4, -0.2) is 55.9 Å². The second kappa shape index (κ2) is 34.7. The largest absolute Gasteiger partial charge is 1.00 e. The van der Waals surface area contributed by atoms with Gasteiger partial charge in [-0.25, -0.2) is 4.79 Å². The fourth-order valence-electron chi connectivity index (χ4n) is 6.81. The molecular weight excluding hydrogens is 688 g/mol. The molecule has 1 aliphatic heterocycles. The lowest BCUT2D eigenvalue weighted by Gasteiger charge is -2.36.